The molecule has 0 saturated carbocycles. The van der Waals surface area contributed by atoms with Gasteiger partial charge in [-0.2, -0.15) is 0 Å². The van der Waals surface area contributed by atoms with Gasteiger partial charge in [0.05, 0.1) is 13.0 Å². The third kappa shape index (κ3) is 5.32. The van der Waals surface area contributed by atoms with Crippen LogP contribution in [0.5, 0.6) is 5.75 Å². The zero-order chi connectivity index (χ0) is 22.3. The van der Waals surface area contributed by atoms with Crippen molar-refractivity contribution in [3.8, 4) is 5.75 Å². The van der Waals surface area contributed by atoms with Crippen LogP contribution in [0.1, 0.15) is 17.5 Å². The van der Waals surface area contributed by atoms with Crippen molar-refractivity contribution < 1.29 is 14.3 Å². The van der Waals surface area contributed by atoms with Gasteiger partial charge in [-0.05, 0) is 53.8 Å². The van der Waals surface area contributed by atoms with Crippen LogP contribution in [-0.2, 0) is 22.6 Å². The molecular weight excluding hydrogens is 402 g/mol. The Morgan fingerprint density at radius 1 is 1.06 bits per heavy atom. The monoisotopic (exact) mass is 429 g/mol. The molecule has 0 radical (unpaired) electrons. The molecule has 1 aliphatic rings. The van der Waals surface area contributed by atoms with Crippen molar-refractivity contribution in [3.05, 3.63) is 90.3 Å². The van der Waals surface area contributed by atoms with Crippen molar-refractivity contribution in [1.29, 1.82) is 0 Å². The SMILES string of the molecule is COc1ccc(NC(=O)C[C@H]2C(=O)N(Cc3cccnc3)C[C@@H]2Cc2ccccc2)cc1. The third-order valence-electron chi connectivity index (χ3n) is 5.87. The number of hydrogen-bond donors (Lipinski definition) is 1. The highest BCUT2D eigenvalue weighted by Gasteiger charge is 2.41. The number of carbonyl (C=O) groups is 2. The Bertz CT molecular complexity index is 1040. The second-order valence-electron chi connectivity index (χ2n) is 8.12. The minimum atomic E-state index is -0.356. The van der Waals surface area contributed by atoms with Gasteiger partial charge in [-0.15, -0.1) is 0 Å². The van der Waals surface area contributed by atoms with E-state index in [1.165, 1.54) is 5.56 Å². The van der Waals surface area contributed by atoms with Crippen LogP contribution < -0.4 is 10.1 Å². The van der Waals surface area contributed by atoms with Crippen molar-refractivity contribution in [2.24, 2.45) is 11.8 Å². The first-order valence-electron chi connectivity index (χ1n) is 10.8. The maximum atomic E-state index is 13.3. The first-order chi connectivity index (χ1) is 15.6. The zero-order valence-corrected chi connectivity index (χ0v) is 18.1. The molecule has 0 spiro atoms. The lowest BCUT2D eigenvalue weighted by atomic mass is 9.87. The van der Waals surface area contributed by atoms with Crippen LogP contribution in [0.4, 0.5) is 5.69 Å². The molecule has 0 aliphatic carbocycles. The molecule has 1 N–H and O–H groups in total. The fraction of sp³-hybridized carbons (Fsp3) is 0.269. The van der Waals surface area contributed by atoms with Gasteiger partial charge >= 0.3 is 0 Å². The molecule has 32 heavy (non-hydrogen) atoms. The van der Waals surface area contributed by atoms with Crippen molar-refractivity contribution >= 4 is 17.5 Å². The molecule has 0 unspecified atom stereocenters. The number of ether oxygens (including phenoxy) is 1. The Labute approximate surface area is 188 Å². The molecule has 1 aromatic heterocycles. The molecule has 3 aromatic rings. The van der Waals surface area contributed by atoms with Crippen LogP contribution in [0.15, 0.2) is 79.1 Å². The summed E-state index contributed by atoms with van der Waals surface area (Å²) in [4.78, 5) is 32.1. The Morgan fingerprint density at radius 3 is 2.50 bits per heavy atom. The van der Waals surface area contributed by atoms with Crippen molar-refractivity contribution in [3.63, 3.8) is 0 Å². The van der Waals surface area contributed by atoms with Gasteiger partial charge in [0, 0.05) is 37.6 Å². The van der Waals surface area contributed by atoms with Crippen LogP contribution in [0.25, 0.3) is 0 Å². The maximum absolute atomic E-state index is 13.3. The molecule has 4 rings (SSSR count). The van der Waals surface area contributed by atoms with E-state index in [4.69, 9.17) is 4.74 Å². The lowest BCUT2D eigenvalue weighted by Gasteiger charge is -2.16. The smallest absolute Gasteiger partial charge is 0.226 e. The fourth-order valence-corrected chi connectivity index (χ4v) is 4.25. The lowest BCUT2D eigenvalue weighted by Crippen LogP contribution is -2.29. The maximum Gasteiger partial charge on any atom is 0.226 e. The second kappa shape index (κ2) is 10.1. The van der Waals surface area contributed by atoms with Crippen LogP contribution >= 0.6 is 0 Å². The van der Waals surface area contributed by atoms with Crippen molar-refractivity contribution in [1.82, 2.24) is 9.88 Å². The minimum absolute atomic E-state index is 0.0275. The molecular formula is C26H27N3O3. The molecule has 0 bridgehead atoms. The Morgan fingerprint density at radius 2 is 1.81 bits per heavy atom. The summed E-state index contributed by atoms with van der Waals surface area (Å²) in [6.07, 6.45) is 4.42. The number of methoxy groups -OCH3 is 1. The molecule has 1 fully saturated rings. The van der Waals surface area contributed by atoms with E-state index in [0.717, 1.165) is 17.7 Å². The van der Waals surface area contributed by atoms with Crippen LogP contribution in [0, 0.1) is 11.8 Å². The number of nitrogens with one attached hydrogen (secondary N) is 1. The van der Waals surface area contributed by atoms with Gasteiger partial charge in [-0.1, -0.05) is 36.4 Å². The second-order valence-corrected chi connectivity index (χ2v) is 8.12. The van der Waals surface area contributed by atoms with Crippen LogP contribution in [-0.4, -0.2) is 35.4 Å². The van der Waals surface area contributed by atoms with E-state index in [1.807, 2.05) is 35.2 Å². The largest absolute Gasteiger partial charge is 0.497 e. The first kappa shape index (κ1) is 21.6. The van der Waals surface area contributed by atoms with E-state index in [0.29, 0.717) is 18.8 Å². The Kier molecular flexibility index (Phi) is 6.80. The van der Waals surface area contributed by atoms with Gasteiger partial charge in [0.2, 0.25) is 11.8 Å². The normalized spacial score (nSPS) is 17.9. The highest BCUT2D eigenvalue weighted by Crippen LogP contribution is 2.32. The van der Waals surface area contributed by atoms with E-state index < -0.39 is 0 Å². The number of nitrogens with zero attached hydrogens (tertiary/aromatic N) is 2. The topological polar surface area (TPSA) is 71.5 Å². The highest BCUT2D eigenvalue weighted by molar-refractivity contribution is 5.94. The van der Waals surface area contributed by atoms with E-state index >= 15 is 0 Å². The van der Waals surface area contributed by atoms with Gasteiger partial charge in [0.1, 0.15) is 5.75 Å². The Hall–Kier alpha value is -3.67. The van der Waals surface area contributed by atoms with E-state index in [1.54, 1.807) is 43.8 Å². The van der Waals surface area contributed by atoms with Gasteiger partial charge < -0.3 is 15.0 Å². The molecule has 2 heterocycles. The fourth-order valence-electron chi connectivity index (χ4n) is 4.25. The number of pyridine rings is 1. The average molecular weight is 430 g/mol. The van der Waals surface area contributed by atoms with E-state index in [9.17, 15) is 9.59 Å². The summed E-state index contributed by atoms with van der Waals surface area (Å²) in [5.74, 6) is 0.311. The number of rotatable bonds is 8. The summed E-state index contributed by atoms with van der Waals surface area (Å²) in [5, 5.41) is 2.91. The van der Waals surface area contributed by atoms with Crippen molar-refractivity contribution in [2.75, 3.05) is 19.0 Å². The summed E-state index contributed by atoms with van der Waals surface area (Å²) < 4.78 is 5.16. The molecule has 1 aliphatic heterocycles. The molecule has 6 heteroatoms. The van der Waals surface area contributed by atoms with Crippen LogP contribution in [0.2, 0.25) is 0 Å². The van der Waals surface area contributed by atoms with E-state index in [2.05, 4.69) is 22.4 Å². The third-order valence-corrected chi connectivity index (χ3v) is 5.87. The van der Waals surface area contributed by atoms with E-state index in [-0.39, 0.29) is 30.1 Å². The number of likely N-dealkylation sites (tertiary alicyclic amines) is 1. The number of hydrogen-bond acceptors (Lipinski definition) is 4. The minimum Gasteiger partial charge on any atom is -0.497 e. The number of amides is 2. The number of aromatic nitrogens is 1. The number of carbonyl (C=O) groups excluding carboxylic acids is 2. The van der Waals surface area contributed by atoms with Crippen LogP contribution in [0.3, 0.4) is 0 Å². The van der Waals surface area contributed by atoms with Gasteiger partial charge in [0.15, 0.2) is 0 Å². The lowest BCUT2D eigenvalue weighted by molar-refractivity contribution is -0.133. The summed E-state index contributed by atoms with van der Waals surface area (Å²) in [6.45, 7) is 1.14. The summed E-state index contributed by atoms with van der Waals surface area (Å²) in [5.41, 5.74) is 2.85. The predicted octanol–water partition coefficient (Wildman–Crippen LogP) is 3.94. The standard InChI is InChI=1S/C26H27N3O3/c1-32-23-11-9-22(10-12-23)28-25(30)15-24-21(14-19-6-3-2-4-7-19)18-29(26(24)31)17-20-8-5-13-27-16-20/h2-13,16,21,24H,14-15,17-18H2,1H3,(H,28,30)/t21-,24+/m0/s1. The first-order valence-corrected chi connectivity index (χ1v) is 10.8. The Balaban J connectivity index is 1.47. The molecule has 2 atom stereocenters. The quantitative estimate of drug-likeness (QED) is 0.589. The summed E-state index contributed by atoms with van der Waals surface area (Å²) in [6, 6.07) is 21.2. The predicted molar refractivity (Wildman–Crippen MR) is 123 cm³/mol. The molecule has 2 amide bonds. The summed E-state index contributed by atoms with van der Waals surface area (Å²) in [7, 11) is 1.60. The average Bonchev–Trinajstić information content (AvgIpc) is 3.09. The van der Waals surface area contributed by atoms with Crippen molar-refractivity contribution in [2.45, 2.75) is 19.4 Å². The molecule has 1 saturated heterocycles. The summed E-state index contributed by atoms with van der Waals surface area (Å²) >= 11 is 0. The zero-order valence-electron chi connectivity index (χ0n) is 18.1. The van der Waals surface area contributed by atoms with Gasteiger partial charge in [-0.25, -0.2) is 0 Å². The number of anilines is 1. The van der Waals surface area contributed by atoms with Gasteiger partial charge in [-0.3, -0.25) is 14.6 Å². The van der Waals surface area contributed by atoms with Gasteiger partial charge in [0.25, 0.3) is 0 Å². The highest BCUT2D eigenvalue weighted by atomic mass is 16.5. The molecule has 164 valence electrons. The molecule has 6 nitrogen and oxygen atoms in total. The molecule has 2 aromatic carbocycles. The number of benzene rings is 2.